The summed E-state index contributed by atoms with van der Waals surface area (Å²) in [5, 5.41) is 12.1. The first-order valence-corrected chi connectivity index (χ1v) is 15.9. The number of hydrogen-bond donors (Lipinski definition) is 2. The van der Waals surface area contributed by atoms with Gasteiger partial charge in [0.15, 0.2) is 0 Å². The maximum atomic E-state index is 14.1. The maximum absolute atomic E-state index is 14.1. The van der Waals surface area contributed by atoms with Gasteiger partial charge in [-0.25, -0.2) is 5.06 Å². The zero-order valence-electron chi connectivity index (χ0n) is 26.1. The summed E-state index contributed by atoms with van der Waals surface area (Å²) in [6.07, 6.45) is 8.99. The first kappa shape index (κ1) is 34.1. The van der Waals surface area contributed by atoms with Gasteiger partial charge in [-0.15, -0.1) is 0 Å². The van der Waals surface area contributed by atoms with E-state index < -0.39 is 35.8 Å². The average molecular weight is 591 g/mol. The Bertz CT molecular complexity index is 1160. The van der Waals surface area contributed by atoms with Gasteiger partial charge in [-0.2, -0.15) is 0 Å². The van der Waals surface area contributed by atoms with E-state index in [1.807, 2.05) is 81.4 Å². The van der Waals surface area contributed by atoms with Crippen molar-refractivity contribution >= 4 is 23.9 Å². The third kappa shape index (κ3) is 10.7. The highest BCUT2D eigenvalue weighted by atomic mass is 16.5. The Balaban J connectivity index is 1.89. The van der Waals surface area contributed by atoms with Gasteiger partial charge in [-0.3, -0.25) is 29.5 Å². The summed E-state index contributed by atoms with van der Waals surface area (Å²) >= 11 is 0. The number of hydroxylamine groups is 2. The molecule has 3 amide bonds. The summed E-state index contributed by atoms with van der Waals surface area (Å²) in [6.45, 7) is 6.31. The number of hydrogen-bond acceptors (Lipinski definition) is 6. The quantitative estimate of drug-likeness (QED) is 0.159. The monoisotopic (exact) mass is 590 g/mol. The molecule has 0 radical (unpaired) electrons. The van der Waals surface area contributed by atoms with Crippen molar-refractivity contribution in [3.63, 3.8) is 0 Å². The summed E-state index contributed by atoms with van der Waals surface area (Å²) in [7, 11) is 0. The topological polar surface area (TPSA) is 116 Å². The van der Waals surface area contributed by atoms with Crippen LogP contribution < -0.4 is 5.73 Å². The number of nitrogens with two attached hydrogens (primary N) is 1. The smallest absolute Gasteiger partial charge is 0.269 e. The van der Waals surface area contributed by atoms with Crippen LogP contribution in [0, 0.1) is 11.8 Å². The summed E-state index contributed by atoms with van der Waals surface area (Å²) in [6, 6.07) is 16.0. The fraction of sp³-hybridized carbons (Fsp3) is 0.543. The Hall–Kier alpha value is -3.36. The lowest BCUT2D eigenvalue weighted by atomic mass is 9.89. The third-order valence-electron chi connectivity index (χ3n) is 8.06. The zero-order chi connectivity index (χ0) is 31.2. The molecule has 8 nitrogen and oxygen atoms in total. The fourth-order valence-electron chi connectivity index (χ4n) is 5.74. The molecule has 0 unspecified atom stereocenters. The second-order valence-electron chi connectivity index (χ2n) is 12.3. The fourth-order valence-corrected chi connectivity index (χ4v) is 5.74. The van der Waals surface area contributed by atoms with Gasteiger partial charge in [-0.1, -0.05) is 107 Å². The molecule has 2 aromatic carbocycles. The first-order valence-electron chi connectivity index (χ1n) is 15.9. The van der Waals surface area contributed by atoms with E-state index in [0.29, 0.717) is 30.4 Å². The van der Waals surface area contributed by atoms with E-state index >= 15 is 0 Å². The molecule has 1 saturated carbocycles. The lowest BCUT2D eigenvalue weighted by Crippen LogP contribution is -2.58. The number of aliphatic imine (C=N–C) groups is 1. The van der Waals surface area contributed by atoms with Crippen LogP contribution in [0.5, 0.6) is 0 Å². The molecule has 3 rings (SSSR count). The predicted octanol–water partition coefficient (Wildman–Crippen LogP) is 5.61. The normalized spacial score (nSPS) is 16.1. The number of benzene rings is 2. The minimum atomic E-state index is -1.18. The van der Waals surface area contributed by atoms with Crippen molar-refractivity contribution in [3.05, 3.63) is 71.8 Å². The van der Waals surface area contributed by atoms with E-state index in [9.17, 15) is 19.6 Å². The third-order valence-corrected chi connectivity index (χ3v) is 8.06. The van der Waals surface area contributed by atoms with Gasteiger partial charge in [0.1, 0.15) is 6.04 Å². The lowest BCUT2D eigenvalue weighted by molar-refractivity contribution is -0.180. The standard InChI is InChI=1S/C35H50N4O4/c1-4-14-32(38(33(40)21-26(2)3)34(41)31(36)23-28-17-10-6-11-18-28)35(42)39(43)30(22-27-15-8-5-9-16-27)25-37-24-29-19-12-7-13-20-29/h5-6,8-11,15-18,25-26,29-32,43H,4,7,12-14,19-24,36H2,1-3H3/t30-,31-,32-/m0/s1. The van der Waals surface area contributed by atoms with Crippen molar-refractivity contribution < 1.29 is 19.6 Å². The molecule has 2 aromatic rings. The summed E-state index contributed by atoms with van der Waals surface area (Å²) in [4.78, 5) is 47.2. The zero-order valence-corrected chi connectivity index (χ0v) is 26.1. The molecule has 0 bridgehead atoms. The van der Waals surface area contributed by atoms with Crippen molar-refractivity contribution in [2.75, 3.05) is 6.54 Å². The van der Waals surface area contributed by atoms with Crippen LogP contribution in [0.3, 0.4) is 0 Å². The molecule has 8 heteroatoms. The molecule has 0 heterocycles. The molecule has 1 aliphatic carbocycles. The summed E-state index contributed by atoms with van der Waals surface area (Å²) < 4.78 is 0. The van der Waals surface area contributed by atoms with E-state index in [-0.39, 0.29) is 25.2 Å². The van der Waals surface area contributed by atoms with Crippen molar-refractivity contribution in [2.45, 2.75) is 103 Å². The molecule has 1 aliphatic rings. The Morgan fingerprint density at radius 2 is 1.51 bits per heavy atom. The van der Waals surface area contributed by atoms with Gasteiger partial charge in [0.05, 0.1) is 12.1 Å². The number of carbonyl (C=O) groups is 3. The highest BCUT2D eigenvalue weighted by Crippen LogP contribution is 2.24. The molecular formula is C35H50N4O4. The molecule has 0 spiro atoms. The predicted molar refractivity (Wildman–Crippen MR) is 171 cm³/mol. The minimum Gasteiger partial charge on any atom is -0.320 e. The molecular weight excluding hydrogens is 540 g/mol. The SMILES string of the molecule is CCC[C@@H](C(=O)N(O)[C@H](C=NCC1CCCCC1)Cc1ccccc1)N(C(=O)CC(C)C)C(=O)[C@@H](N)Cc1ccccc1. The van der Waals surface area contributed by atoms with Crippen LogP contribution >= 0.6 is 0 Å². The lowest BCUT2D eigenvalue weighted by Gasteiger charge is -2.35. The van der Waals surface area contributed by atoms with Crippen LogP contribution in [-0.4, -0.2) is 63.8 Å². The average Bonchev–Trinajstić information content (AvgIpc) is 3.00. The van der Waals surface area contributed by atoms with Crippen LogP contribution in [-0.2, 0) is 27.2 Å². The molecule has 43 heavy (non-hydrogen) atoms. The number of imide groups is 1. The van der Waals surface area contributed by atoms with E-state index in [4.69, 9.17) is 5.73 Å². The Kier molecular flexibility index (Phi) is 14.0. The van der Waals surface area contributed by atoms with Crippen molar-refractivity contribution in [1.29, 1.82) is 0 Å². The highest BCUT2D eigenvalue weighted by molar-refractivity contribution is 6.02. The summed E-state index contributed by atoms with van der Waals surface area (Å²) in [5.74, 6) is -1.31. The number of carbonyl (C=O) groups excluding carboxylic acids is 3. The van der Waals surface area contributed by atoms with Crippen LogP contribution in [0.1, 0.15) is 83.3 Å². The largest absolute Gasteiger partial charge is 0.320 e. The number of rotatable bonds is 15. The van der Waals surface area contributed by atoms with Crippen LogP contribution in [0.15, 0.2) is 65.7 Å². The van der Waals surface area contributed by atoms with Crippen molar-refractivity contribution in [3.8, 4) is 0 Å². The van der Waals surface area contributed by atoms with Crippen LogP contribution in [0.2, 0.25) is 0 Å². The van der Waals surface area contributed by atoms with Crippen LogP contribution in [0.4, 0.5) is 0 Å². The first-order chi connectivity index (χ1) is 20.7. The molecule has 234 valence electrons. The summed E-state index contributed by atoms with van der Waals surface area (Å²) in [5.41, 5.74) is 8.17. The van der Waals surface area contributed by atoms with Gasteiger partial charge in [0.2, 0.25) is 11.8 Å². The van der Waals surface area contributed by atoms with Crippen molar-refractivity contribution in [1.82, 2.24) is 9.96 Å². The van der Waals surface area contributed by atoms with Gasteiger partial charge in [-0.05, 0) is 48.6 Å². The number of amides is 3. The highest BCUT2D eigenvalue weighted by Gasteiger charge is 2.39. The van der Waals surface area contributed by atoms with E-state index in [1.54, 1.807) is 6.21 Å². The van der Waals surface area contributed by atoms with Gasteiger partial charge >= 0.3 is 0 Å². The molecule has 0 saturated heterocycles. The Labute approximate surface area is 257 Å². The number of nitrogens with zero attached hydrogens (tertiary/aromatic N) is 3. The van der Waals surface area contributed by atoms with E-state index in [0.717, 1.165) is 28.9 Å². The Morgan fingerprint density at radius 3 is 2.07 bits per heavy atom. The molecule has 3 N–H and O–H groups in total. The molecule has 3 atom stereocenters. The van der Waals surface area contributed by atoms with E-state index in [1.165, 1.54) is 19.3 Å². The second kappa shape index (κ2) is 17.7. The Morgan fingerprint density at radius 1 is 0.930 bits per heavy atom. The van der Waals surface area contributed by atoms with Gasteiger partial charge < -0.3 is 5.73 Å². The molecule has 0 aromatic heterocycles. The molecule has 0 aliphatic heterocycles. The van der Waals surface area contributed by atoms with E-state index in [2.05, 4.69) is 4.99 Å². The molecule has 1 fully saturated rings. The van der Waals surface area contributed by atoms with Gasteiger partial charge in [0, 0.05) is 25.6 Å². The van der Waals surface area contributed by atoms with Crippen molar-refractivity contribution in [2.24, 2.45) is 22.6 Å². The minimum absolute atomic E-state index is 0.0338. The van der Waals surface area contributed by atoms with Crippen LogP contribution in [0.25, 0.3) is 0 Å². The maximum Gasteiger partial charge on any atom is 0.269 e. The van der Waals surface area contributed by atoms with Gasteiger partial charge in [0.25, 0.3) is 5.91 Å². The second-order valence-corrected chi connectivity index (χ2v) is 12.3.